The van der Waals surface area contributed by atoms with Crippen molar-refractivity contribution in [3.63, 3.8) is 0 Å². The smallest absolute Gasteiger partial charge is 0.324 e. The normalized spacial score (nSPS) is 22.3. The molecule has 0 aliphatic carbocycles. The molecule has 6 bridgehead atoms. The van der Waals surface area contributed by atoms with Crippen molar-refractivity contribution in [2.24, 2.45) is 10.4 Å². The number of hydrogen-bond donors (Lipinski definition) is 2. The second-order valence-corrected chi connectivity index (χ2v) is 16.4. The largest absolute Gasteiger partial charge is 0.464 e. The average Bonchev–Trinajstić information content (AvgIpc) is 3.77. The lowest BCUT2D eigenvalue weighted by Gasteiger charge is -2.37. The number of nitrogens with one attached hydrogen (secondary N) is 2. The molecule has 3 aliphatic heterocycles. The summed E-state index contributed by atoms with van der Waals surface area (Å²) in [6.07, 6.45) is 5.29. The van der Waals surface area contributed by atoms with E-state index in [1.54, 1.807) is 18.2 Å². The van der Waals surface area contributed by atoms with Crippen LogP contribution < -0.4 is 10.7 Å². The fourth-order valence-electron chi connectivity index (χ4n) is 7.73. The summed E-state index contributed by atoms with van der Waals surface area (Å²) in [4.78, 5) is 55.2. The number of benzene rings is 1. The Bertz CT molecular complexity index is 1970. The summed E-state index contributed by atoms with van der Waals surface area (Å²) in [6, 6.07) is 4.54. The Labute approximate surface area is 328 Å². The molecule has 0 radical (unpaired) electrons. The number of fused-ring (bicyclic) bond motifs is 6. The number of ether oxygens (including phenoxy) is 2. The molecule has 6 rings (SSSR count). The number of amides is 3. The van der Waals surface area contributed by atoms with Gasteiger partial charge in [0.15, 0.2) is 0 Å². The number of nitrogens with zero attached hydrogens (tertiary/aromatic N) is 6. The van der Waals surface area contributed by atoms with Gasteiger partial charge in [0.2, 0.25) is 0 Å². The minimum atomic E-state index is -0.889. The van der Waals surface area contributed by atoms with Crippen molar-refractivity contribution < 1.29 is 23.9 Å². The van der Waals surface area contributed by atoms with Crippen molar-refractivity contribution in [3.05, 3.63) is 58.2 Å². The van der Waals surface area contributed by atoms with Gasteiger partial charge in [0, 0.05) is 91.8 Å². The molecule has 55 heavy (non-hydrogen) atoms. The molecule has 2 saturated heterocycles. The van der Waals surface area contributed by atoms with Crippen LogP contribution >= 0.6 is 11.3 Å². The number of esters is 1. The molecule has 3 atom stereocenters. The molecule has 13 nitrogen and oxygen atoms in total. The van der Waals surface area contributed by atoms with Crippen molar-refractivity contribution in [1.29, 1.82) is 0 Å². The first-order valence-electron chi connectivity index (χ1n) is 19.3. The number of likely N-dealkylation sites (N-methyl/N-ethyl adjacent to an activating group) is 1. The number of rotatable bonds is 7. The highest BCUT2D eigenvalue weighted by molar-refractivity contribution is 7.10. The van der Waals surface area contributed by atoms with Gasteiger partial charge >= 0.3 is 12.0 Å². The number of urea groups is 1. The molecule has 14 heteroatoms. The van der Waals surface area contributed by atoms with E-state index >= 15 is 0 Å². The molecule has 3 amide bonds. The van der Waals surface area contributed by atoms with E-state index in [-0.39, 0.29) is 31.1 Å². The number of aromatic nitrogens is 2. The SMILES string of the molecule is C=C/C(=C(\N=C/C)[C@H](C)OC)c1c2c3cc(ccc3n1CC)-c1csc(n1)C[C@H](NC(=O)N1CCN(C)CC1)C(=O)N1CCC[C@H](N1)C(=O)OCC(C)(C)C2. The first-order chi connectivity index (χ1) is 26.4. The molecule has 2 N–H and O–H groups in total. The lowest BCUT2D eigenvalue weighted by Crippen LogP contribution is -2.62. The van der Waals surface area contributed by atoms with E-state index in [9.17, 15) is 14.4 Å². The highest BCUT2D eigenvalue weighted by Crippen LogP contribution is 2.40. The van der Waals surface area contributed by atoms with Gasteiger partial charge in [-0.25, -0.2) is 15.2 Å². The van der Waals surface area contributed by atoms with E-state index in [2.05, 4.69) is 65.8 Å². The van der Waals surface area contributed by atoms with Crippen LogP contribution in [0.4, 0.5) is 4.79 Å². The van der Waals surface area contributed by atoms with E-state index in [0.29, 0.717) is 45.4 Å². The van der Waals surface area contributed by atoms with Crippen LogP contribution in [0.15, 0.2) is 46.9 Å². The summed E-state index contributed by atoms with van der Waals surface area (Å²) in [5.74, 6) is -0.716. The summed E-state index contributed by atoms with van der Waals surface area (Å²) in [7, 11) is 3.71. The second-order valence-electron chi connectivity index (χ2n) is 15.5. The minimum Gasteiger partial charge on any atom is -0.464 e. The molecule has 3 aliphatic rings. The highest BCUT2D eigenvalue weighted by atomic mass is 32.1. The third-order valence-corrected chi connectivity index (χ3v) is 11.7. The van der Waals surface area contributed by atoms with Crippen molar-refractivity contribution in [2.45, 2.75) is 85.0 Å². The number of hydrogen-bond acceptors (Lipinski definition) is 10. The quantitative estimate of drug-likeness (QED) is 0.188. The van der Waals surface area contributed by atoms with Crippen LogP contribution in [-0.2, 0) is 38.4 Å². The van der Waals surface area contributed by atoms with Crippen molar-refractivity contribution >= 4 is 51.9 Å². The Hall–Kier alpha value is -4.37. The van der Waals surface area contributed by atoms with Crippen LogP contribution in [-0.4, -0.2) is 120 Å². The third-order valence-electron chi connectivity index (χ3n) is 10.8. The average molecular weight is 773 g/mol. The Morgan fingerprint density at radius 1 is 1.24 bits per heavy atom. The summed E-state index contributed by atoms with van der Waals surface area (Å²) >= 11 is 1.47. The second kappa shape index (κ2) is 17.2. The standard InChI is InChI=1S/C41H56N8O5S/c1-9-28(36(42-10-2)26(4)53-8)37-30-23-41(5,6)25-54-39(51)31-13-12-16-49(45-31)38(50)32(44-40(52)47-19-17-46(7)18-20-47)22-35-43-33(24-55-35)27-14-15-34(29(30)21-27)48(37)11-3/h9-10,14-15,21,24,26,31-32,45H,1,11-13,16-20,22-23,25H2,2-8H3,(H,44,52)/b36-28+,42-10-/t26-,31-,32-/m0/s1. The number of carbonyl (C=O) groups excluding carboxylic acids is 3. The molecular weight excluding hydrogens is 717 g/mol. The van der Waals surface area contributed by atoms with Gasteiger partial charge in [0.25, 0.3) is 5.91 Å². The Kier molecular flexibility index (Phi) is 12.6. The topological polar surface area (TPSA) is 134 Å². The van der Waals surface area contributed by atoms with Crippen LogP contribution in [0, 0.1) is 5.41 Å². The number of methoxy groups -OCH3 is 1. The van der Waals surface area contributed by atoms with Gasteiger partial charge in [0.05, 0.1) is 34.8 Å². The first kappa shape index (κ1) is 40.3. The predicted octanol–water partition coefficient (Wildman–Crippen LogP) is 5.30. The first-order valence-corrected chi connectivity index (χ1v) is 20.2. The predicted molar refractivity (Wildman–Crippen MR) is 218 cm³/mol. The van der Waals surface area contributed by atoms with Gasteiger partial charge < -0.3 is 29.2 Å². The minimum absolute atomic E-state index is 0.163. The van der Waals surface area contributed by atoms with Crippen LogP contribution in [0.25, 0.3) is 27.7 Å². The molecule has 2 aromatic heterocycles. The highest BCUT2D eigenvalue weighted by Gasteiger charge is 2.36. The van der Waals surface area contributed by atoms with Gasteiger partial charge in [-0.2, -0.15) is 0 Å². The number of aliphatic imine (C=N–C) groups is 1. The van der Waals surface area contributed by atoms with Crippen molar-refractivity contribution in [3.8, 4) is 11.3 Å². The molecule has 0 saturated carbocycles. The van der Waals surface area contributed by atoms with Crippen LogP contribution in [0.3, 0.4) is 0 Å². The number of piperazine rings is 1. The zero-order valence-corrected chi connectivity index (χ0v) is 34.1. The van der Waals surface area contributed by atoms with Gasteiger partial charge in [-0.3, -0.25) is 19.6 Å². The maximum absolute atomic E-state index is 14.2. The molecular formula is C41H56N8O5S. The number of aryl methyl sites for hydroxylation is 1. The van der Waals surface area contributed by atoms with Gasteiger partial charge in [-0.05, 0) is 64.8 Å². The maximum Gasteiger partial charge on any atom is 0.324 e. The van der Waals surface area contributed by atoms with E-state index in [0.717, 1.165) is 62.8 Å². The van der Waals surface area contributed by atoms with Crippen molar-refractivity contribution in [1.82, 2.24) is 35.1 Å². The molecule has 2 fully saturated rings. The number of hydrazine groups is 1. The Morgan fingerprint density at radius 3 is 2.69 bits per heavy atom. The third kappa shape index (κ3) is 8.72. The summed E-state index contributed by atoms with van der Waals surface area (Å²) < 4.78 is 14.2. The Balaban J connectivity index is 1.48. The van der Waals surface area contributed by atoms with Gasteiger partial charge in [-0.1, -0.05) is 32.6 Å². The monoisotopic (exact) mass is 772 g/mol. The van der Waals surface area contributed by atoms with Crippen LogP contribution in [0.2, 0.25) is 0 Å². The lowest BCUT2D eigenvalue weighted by atomic mass is 9.84. The summed E-state index contributed by atoms with van der Waals surface area (Å²) in [5.41, 5.74) is 9.22. The van der Waals surface area contributed by atoms with E-state index in [4.69, 9.17) is 19.5 Å². The summed E-state index contributed by atoms with van der Waals surface area (Å²) in [5, 5.41) is 8.31. The molecule has 3 aromatic rings. The van der Waals surface area contributed by atoms with Crippen LogP contribution in [0.5, 0.6) is 0 Å². The van der Waals surface area contributed by atoms with Crippen molar-refractivity contribution in [2.75, 3.05) is 53.5 Å². The van der Waals surface area contributed by atoms with E-state index in [1.807, 2.05) is 32.4 Å². The maximum atomic E-state index is 14.2. The number of carbonyl (C=O) groups is 3. The Morgan fingerprint density at radius 2 is 2.00 bits per heavy atom. The fourth-order valence-corrected chi connectivity index (χ4v) is 8.58. The number of thiazole rings is 1. The number of allylic oxidation sites excluding steroid dienone is 2. The molecule has 296 valence electrons. The zero-order valence-electron chi connectivity index (χ0n) is 33.3. The van der Waals surface area contributed by atoms with E-state index in [1.165, 1.54) is 16.3 Å². The van der Waals surface area contributed by atoms with Crippen LogP contribution in [0.1, 0.15) is 63.7 Å². The van der Waals surface area contributed by atoms with Gasteiger partial charge in [0.1, 0.15) is 12.1 Å². The molecule has 1 aromatic carbocycles. The zero-order chi connectivity index (χ0) is 39.4. The lowest BCUT2D eigenvalue weighted by molar-refractivity contribution is -0.155. The summed E-state index contributed by atoms with van der Waals surface area (Å²) in [6.45, 7) is 18.4. The van der Waals surface area contributed by atoms with Gasteiger partial charge in [-0.15, -0.1) is 11.3 Å². The van der Waals surface area contributed by atoms with E-state index < -0.39 is 23.5 Å². The number of cyclic esters (lactones) is 1. The molecule has 0 spiro atoms. The fraction of sp³-hybridized carbons (Fsp3) is 0.537. The molecule has 5 heterocycles. The molecule has 0 unspecified atom stereocenters.